The van der Waals surface area contributed by atoms with E-state index < -0.39 is 0 Å². The summed E-state index contributed by atoms with van der Waals surface area (Å²) in [6, 6.07) is 1.41. The molecule has 0 aromatic heterocycles. The molecule has 2 aliphatic heterocycles. The number of morpholine rings is 1. The van der Waals surface area contributed by atoms with Crippen LogP contribution < -0.4 is 0 Å². The van der Waals surface area contributed by atoms with Gasteiger partial charge in [-0.15, -0.1) is 0 Å². The zero-order valence-corrected chi connectivity index (χ0v) is 10.1. The highest BCUT2D eigenvalue weighted by Gasteiger charge is 2.30. The summed E-state index contributed by atoms with van der Waals surface area (Å²) in [5.41, 5.74) is 0. The van der Waals surface area contributed by atoms with Crippen molar-refractivity contribution in [1.82, 2.24) is 9.80 Å². The minimum atomic E-state index is 0.659. The average Bonchev–Trinajstić information content (AvgIpc) is 2.29. The lowest BCUT2D eigenvalue weighted by atomic mass is 10.1. The lowest BCUT2D eigenvalue weighted by Gasteiger charge is -2.45. The molecular formula is C12H24N2O. The van der Waals surface area contributed by atoms with Gasteiger partial charge in [-0.1, -0.05) is 13.3 Å². The van der Waals surface area contributed by atoms with Crippen molar-refractivity contribution in [1.29, 1.82) is 0 Å². The second-order valence-electron chi connectivity index (χ2n) is 4.90. The minimum Gasteiger partial charge on any atom is -0.378 e. The van der Waals surface area contributed by atoms with Gasteiger partial charge in [-0.05, 0) is 13.3 Å². The van der Waals surface area contributed by atoms with Gasteiger partial charge in [0.2, 0.25) is 0 Å². The highest BCUT2D eigenvalue weighted by atomic mass is 16.5. The van der Waals surface area contributed by atoms with Crippen LogP contribution in [0.3, 0.4) is 0 Å². The highest BCUT2D eigenvalue weighted by molar-refractivity contribution is 4.86. The van der Waals surface area contributed by atoms with Gasteiger partial charge in [-0.2, -0.15) is 0 Å². The van der Waals surface area contributed by atoms with Gasteiger partial charge < -0.3 is 4.74 Å². The molecule has 3 heteroatoms. The van der Waals surface area contributed by atoms with E-state index in [1.807, 2.05) is 0 Å². The van der Waals surface area contributed by atoms with Crippen LogP contribution in [0, 0.1) is 0 Å². The first-order valence-corrected chi connectivity index (χ1v) is 6.37. The second kappa shape index (κ2) is 5.28. The molecule has 2 unspecified atom stereocenters. The van der Waals surface area contributed by atoms with Crippen molar-refractivity contribution in [2.45, 2.75) is 38.8 Å². The maximum absolute atomic E-state index is 5.56. The largest absolute Gasteiger partial charge is 0.378 e. The number of ether oxygens (including phenoxy) is 1. The summed E-state index contributed by atoms with van der Waals surface area (Å²) >= 11 is 0. The van der Waals surface area contributed by atoms with E-state index in [-0.39, 0.29) is 0 Å². The Morgan fingerprint density at radius 3 is 3.00 bits per heavy atom. The van der Waals surface area contributed by atoms with Gasteiger partial charge >= 0.3 is 0 Å². The maximum atomic E-state index is 5.56. The van der Waals surface area contributed by atoms with E-state index >= 15 is 0 Å². The van der Waals surface area contributed by atoms with E-state index in [0.29, 0.717) is 6.04 Å². The number of nitrogens with zero attached hydrogens (tertiary/aromatic N) is 2. The topological polar surface area (TPSA) is 15.7 Å². The van der Waals surface area contributed by atoms with Crippen LogP contribution in [0.4, 0.5) is 0 Å². The molecule has 0 aromatic carbocycles. The molecule has 2 heterocycles. The molecule has 2 saturated heterocycles. The fourth-order valence-electron chi connectivity index (χ4n) is 2.77. The molecule has 0 spiro atoms. The monoisotopic (exact) mass is 212 g/mol. The first-order valence-electron chi connectivity index (χ1n) is 6.37. The van der Waals surface area contributed by atoms with Crippen LogP contribution in [0.25, 0.3) is 0 Å². The van der Waals surface area contributed by atoms with Crippen molar-refractivity contribution in [3.05, 3.63) is 0 Å². The van der Waals surface area contributed by atoms with Crippen molar-refractivity contribution in [2.24, 2.45) is 0 Å². The zero-order chi connectivity index (χ0) is 10.7. The number of rotatable bonds is 3. The van der Waals surface area contributed by atoms with E-state index in [1.54, 1.807) is 0 Å². The molecule has 0 aromatic rings. The Bertz CT molecular complexity index is 198. The third-order valence-corrected chi connectivity index (χ3v) is 3.80. The fourth-order valence-corrected chi connectivity index (χ4v) is 2.77. The standard InChI is InChI=1S/C12H24N2O/c1-3-4-11(2)14-6-5-13-7-8-15-10-12(13)9-14/h11-12H,3-10H2,1-2H3. The van der Waals surface area contributed by atoms with Crippen LogP contribution >= 0.6 is 0 Å². The molecule has 0 aliphatic carbocycles. The molecule has 2 atom stereocenters. The summed E-state index contributed by atoms with van der Waals surface area (Å²) in [5, 5.41) is 0. The van der Waals surface area contributed by atoms with Gasteiger partial charge in [0.1, 0.15) is 0 Å². The molecule has 0 bridgehead atoms. The number of hydrogen-bond donors (Lipinski definition) is 0. The van der Waals surface area contributed by atoms with Crippen molar-refractivity contribution in [3.63, 3.8) is 0 Å². The van der Waals surface area contributed by atoms with Crippen molar-refractivity contribution >= 4 is 0 Å². The highest BCUT2D eigenvalue weighted by Crippen LogP contribution is 2.17. The van der Waals surface area contributed by atoms with Gasteiger partial charge in [0, 0.05) is 38.3 Å². The number of hydrogen-bond acceptors (Lipinski definition) is 3. The molecule has 0 radical (unpaired) electrons. The quantitative estimate of drug-likeness (QED) is 0.699. The molecule has 0 saturated carbocycles. The summed E-state index contributed by atoms with van der Waals surface area (Å²) in [6.45, 7) is 11.3. The lowest BCUT2D eigenvalue weighted by Crippen LogP contribution is -2.59. The van der Waals surface area contributed by atoms with Gasteiger partial charge in [0.25, 0.3) is 0 Å². The molecular weight excluding hydrogens is 188 g/mol. The summed E-state index contributed by atoms with van der Waals surface area (Å²) < 4.78 is 5.56. The number of piperazine rings is 1. The maximum Gasteiger partial charge on any atom is 0.0634 e. The van der Waals surface area contributed by atoms with Crippen molar-refractivity contribution in [2.75, 3.05) is 39.4 Å². The number of fused-ring (bicyclic) bond motifs is 1. The van der Waals surface area contributed by atoms with Crippen LogP contribution in [0.5, 0.6) is 0 Å². The predicted molar refractivity (Wildman–Crippen MR) is 62.1 cm³/mol. The fraction of sp³-hybridized carbons (Fsp3) is 1.00. The van der Waals surface area contributed by atoms with Crippen LogP contribution in [0.2, 0.25) is 0 Å². The van der Waals surface area contributed by atoms with E-state index in [9.17, 15) is 0 Å². The minimum absolute atomic E-state index is 0.659. The second-order valence-corrected chi connectivity index (χ2v) is 4.90. The summed E-state index contributed by atoms with van der Waals surface area (Å²) in [7, 11) is 0. The van der Waals surface area contributed by atoms with Crippen molar-refractivity contribution in [3.8, 4) is 0 Å². The Hall–Kier alpha value is -0.120. The Balaban J connectivity index is 1.85. The predicted octanol–water partition coefficient (Wildman–Crippen LogP) is 1.19. The van der Waals surface area contributed by atoms with E-state index in [2.05, 4.69) is 23.6 Å². The normalized spacial score (nSPS) is 31.2. The van der Waals surface area contributed by atoms with E-state index in [1.165, 1.54) is 32.5 Å². The molecule has 2 rings (SSSR count). The Morgan fingerprint density at radius 2 is 2.20 bits per heavy atom. The first kappa shape index (κ1) is 11.4. The SMILES string of the molecule is CCCC(C)N1CCN2CCOCC2C1. The van der Waals surface area contributed by atoms with Gasteiger partial charge in [0.05, 0.1) is 13.2 Å². The average molecular weight is 212 g/mol. The molecule has 3 nitrogen and oxygen atoms in total. The first-order chi connectivity index (χ1) is 7.31. The van der Waals surface area contributed by atoms with Crippen LogP contribution in [0.15, 0.2) is 0 Å². The van der Waals surface area contributed by atoms with Gasteiger partial charge in [0.15, 0.2) is 0 Å². The zero-order valence-electron chi connectivity index (χ0n) is 10.1. The third-order valence-electron chi connectivity index (χ3n) is 3.80. The Labute approximate surface area is 93.4 Å². The lowest BCUT2D eigenvalue weighted by molar-refractivity contribution is -0.0521. The van der Waals surface area contributed by atoms with E-state index in [4.69, 9.17) is 4.74 Å². The van der Waals surface area contributed by atoms with E-state index in [0.717, 1.165) is 25.8 Å². The van der Waals surface area contributed by atoms with Crippen LogP contribution in [0.1, 0.15) is 26.7 Å². The molecule has 2 aliphatic rings. The molecule has 0 amide bonds. The Kier molecular flexibility index (Phi) is 4.00. The Morgan fingerprint density at radius 1 is 1.33 bits per heavy atom. The summed E-state index contributed by atoms with van der Waals surface area (Å²) in [5.74, 6) is 0. The van der Waals surface area contributed by atoms with Crippen LogP contribution in [-0.4, -0.2) is 61.3 Å². The van der Waals surface area contributed by atoms with Crippen molar-refractivity contribution < 1.29 is 4.74 Å². The molecule has 15 heavy (non-hydrogen) atoms. The molecule has 0 N–H and O–H groups in total. The van der Waals surface area contributed by atoms with Gasteiger partial charge in [-0.3, -0.25) is 9.80 Å². The summed E-state index contributed by atoms with van der Waals surface area (Å²) in [4.78, 5) is 5.23. The summed E-state index contributed by atoms with van der Waals surface area (Å²) in [6.07, 6.45) is 2.62. The molecule has 2 fully saturated rings. The third kappa shape index (κ3) is 2.71. The molecule has 88 valence electrons. The van der Waals surface area contributed by atoms with Crippen LogP contribution in [-0.2, 0) is 4.74 Å². The van der Waals surface area contributed by atoms with Gasteiger partial charge in [-0.25, -0.2) is 0 Å². The smallest absolute Gasteiger partial charge is 0.0634 e.